The average molecular weight is 317 g/mol. The fraction of sp³-hybridized carbons (Fsp3) is 0.538. The summed E-state index contributed by atoms with van der Waals surface area (Å²) >= 11 is 5.48. The third-order valence-electron chi connectivity index (χ3n) is 2.94. The minimum absolute atomic E-state index is 0.623. The highest BCUT2D eigenvalue weighted by atomic mass is 79.9. The van der Waals surface area contributed by atoms with Crippen LogP contribution in [0, 0.1) is 0 Å². The van der Waals surface area contributed by atoms with Crippen LogP contribution < -0.4 is 5.73 Å². The fourth-order valence-corrected chi connectivity index (χ4v) is 3.11. The molecule has 0 heterocycles. The van der Waals surface area contributed by atoms with Crippen molar-refractivity contribution in [1.82, 2.24) is 4.90 Å². The van der Waals surface area contributed by atoms with Gasteiger partial charge in [0.2, 0.25) is 0 Å². The Morgan fingerprint density at radius 2 is 2.18 bits per heavy atom. The maximum absolute atomic E-state index is 5.83. The summed E-state index contributed by atoms with van der Waals surface area (Å²) in [6.07, 6.45) is 3.34. The van der Waals surface area contributed by atoms with Crippen LogP contribution in [0.3, 0.4) is 0 Å². The van der Waals surface area contributed by atoms with Crippen LogP contribution in [0.25, 0.3) is 0 Å². The summed E-state index contributed by atoms with van der Waals surface area (Å²) in [6.45, 7) is 3.18. The van der Waals surface area contributed by atoms with Gasteiger partial charge >= 0.3 is 0 Å². The molecule has 0 bridgehead atoms. The molecule has 4 heteroatoms. The maximum Gasteiger partial charge on any atom is 0.0318 e. The van der Waals surface area contributed by atoms with Crippen molar-refractivity contribution in [1.29, 1.82) is 0 Å². The van der Waals surface area contributed by atoms with Crippen molar-refractivity contribution < 1.29 is 0 Å². The Hall–Kier alpha value is -0.190. The van der Waals surface area contributed by atoms with Gasteiger partial charge in [0.05, 0.1) is 0 Å². The SMILES string of the molecule is CCC(CSC)N(C)Cc1cc(N)ccc1Br. The molecule has 0 saturated carbocycles. The molecule has 1 aromatic rings. The van der Waals surface area contributed by atoms with Gasteiger partial charge in [-0.3, -0.25) is 4.90 Å². The molecule has 96 valence electrons. The second kappa shape index (κ2) is 7.29. The third kappa shape index (κ3) is 4.53. The molecule has 0 aliphatic carbocycles. The van der Waals surface area contributed by atoms with E-state index in [1.165, 1.54) is 17.7 Å². The number of rotatable bonds is 6. The first-order valence-electron chi connectivity index (χ1n) is 5.81. The first kappa shape index (κ1) is 14.9. The molecule has 2 nitrogen and oxygen atoms in total. The average Bonchev–Trinajstić information content (AvgIpc) is 2.30. The van der Waals surface area contributed by atoms with Crippen molar-refractivity contribution in [3.8, 4) is 0 Å². The zero-order valence-corrected chi connectivity index (χ0v) is 13.1. The molecule has 1 rings (SSSR count). The summed E-state index contributed by atoms with van der Waals surface area (Å²) in [5.41, 5.74) is 7.91. The van der Waals surface area contributed by atoms with Gasteiger partial charge in [0.25, 0.3) is 0 Å². The lowest BCUT2D eigenvalue weighted by Gasteiger charge is -2.27. The lowest BCUT2D eigenvalue weighted by atomic mass is 10.1. The molecule has 0 aromatic heterocycles. The second-order valence-electron chi connectivity index (χ2n) is 4.28. The number of anilines is 1. The Balaban J connectivity index is 2.72. The van der Waals surface area contributed by atoms with Gasteiger partial charge in [-0.05, 0) is 43.5 Å². The zero-order chi connectivity index (χ0) is 12.8. The van der Waals surface area contributed by atoms with Crippen LogP contribution in [0.1, 0.15) is 18.9 Å². The summed E-state index contributed by atoms with van der Waals surface area (Å²) in [6, 6.07) is 6.62. The Kier molecular flexibility index (Phi) is 6.38. The molecule has 0 fully saturated rings. The number of hydrogen-bond acceptors (Lipinski definition) is 3. The lowest BCUT2D eigenvalue weighted by molar-refractivity contribution is 0.247. The third-order valence-corrected chi connectivity index (χ3v) is 4.43. The number of nitrogens with two attached hydrogens (primary N) is 1. The maximum atomic E-state index is 5.83. The minimum Gasteiger partial charge on any atom is -0.399 e. The van der Waals surface area contributed by atoms with Gasteiger partial charge in [0, 0.05) is 28.5 Å². The van der Waals surface area contributed by atoms with E-state index >= 15 is 0 Å². The van der Waals surface area contributed by atoms with Crippen LogP contribution in [0.4, 0.5) is 5.69 Å². The number of nitrogen functional groups attached to an aromatic ring is 1. The molecule has 1 unspecified atom stereocenters. The Labute approximate surface area is 117 Å². The van der Waals surface area contributed by atoms with E-state index in [1.54, 1.807) is 0 Å². The molecule has 0 spiro atoms. The van der Waals surface area contributed by atoms with Crippen molar-refractivity contribution in [3.63, 3.8) is 0 Å². The van der Waals surface area contributed by atoms with Gasteiger partial charge in [-0.2, -0.15) is 11.8 Å². The van der Waals surface area contributed by atoms with Crippen molar-refractivity contribution in [3.05, 3.63) is 28.2 Å². The number of hydrogen-bond donors (Lipinski definition) is 1. The van der Waals surface area contributed by atoms with Crippen molar-refractivity contribution >= 4 is 33.4 Å². The van der Waals surface area contributed by atoms with Crippen molar-refractivity contribution in [2.24, 2.45) is 0 Å². The first-order chi connectivity index (χ1) is 8.08. The van der Waals surface area contributed by atoms with E-state index in [2.05, 4.69) is 41.1 Å². The number of benzene rings is 1. The van der Waals surface area contributed by atoms with E-state index < -0.39 is 0 Å². The summed E-state index contributed by atoms with van der Waals surface area (Å²) in [7, 11) is 2.18. The quantitative estimate of drug-likeness (QED) is 0.813. The molecule has 1 aromatic carbocycles. The van der Waals surface area contributed by atoms with E-state index in [9.17, 15) is 0 Å². The molecule has 0 amide bonds. The first-order valence-corrected chi connectivity index (χ1v) is 8.00. The largest absolute Gasteiger partial charge is 0.399 e. The zero-order valence-electron chi connectivity index (χ0n) is 10.7. The van der Waals surface area contributed by atoms with Crippen LogP contribution in [0.15, 0.2) is 22.7 Å². The molecule has 2 N–H and O–H groups in total. The molecule has 17 heavy (non-hydrogen) atoms. The summed E-state index contributed by atoms with van der Waals surface area (Å²) in [4.78, 5) is 2.40. The van der Waals surface area contributed by atoms with Crippen LogP contribution in [0.5, 0.6) is 0 Å². The summed E-state index contributed by atoms with van der Waals surface area (Å²) in [5.74, 6) is 1.17. The molecule has 0 aliphatic rings. The number of thioether (sulfide) groups is 1. The predicted molar refractivity (Wildman–Crippen MR) is 82.5 cm³/mol. The normalized spacial score (nSPS) is 13.0. The Bertz CT molecular complexity index is 357. The summed E-state index contributed by atoms with van der Waals surface area (Å²) < 4.78 is 1.14. The minimum atomic E-state index is 0.623. The Morgan fingerprint density at radius 1 is 1.47 bits per heavy atom. The van der Waals surface area contributed by atoms with Crippen LogP contribution in [0.2, 0.25) is 0 Å². The topological polar surface area (TPSA) is 29.3 Å². The fourth-order valence-electron chi connectivity index (χ4n) is 1.86. The van der Waals surface area contributed by atoms with E-state index in [4.69, 9.17) is 5.73 Å². The van der Waals surface area contributed by atoms with E-state index in [0.717, 1.165) is 16.7 Å². The van der Waals surface area contributed by atoms with Gasteiger partial charge in [0.15, 0.2) is 0 Å². The molecular formula is C13H21BrN2S. The van der Waals surface area contributed by atoms with Gasteiger partial charge < -0.3 is 5.73 Å². The molecule has 0 aliphatic heterocycles. The Morgan fingerprint density at radius 3 is 2.76 bits per heavy atom. The molecule has 0 radical (unpaired) electrons. The van der Waals surface area contributed by atoms with Crippen molar-refractivity contribution in [2.45, 2.75) is 25.9 Å². The van der Waals surface area contributed by atoms with Crippen LogP contribution in [-0.4, -0.2) is 30.0 Å². The van der Waals surface area contributed by atoms with Gasteiger partial charge in [-0.1, -0.05) is 22.9 Å². The highest BCUT2D eigenvalue weighted by Gasteiger charge is 2.13. The van der Waals surface area contributed by atoms with Crippen LogP contribution in [-0.2, 0) is 6.54 Å². The molecule has 0 saturated heterocycles. The highest BCUT2D eigenvalue weighted by Crippen LogP contribution is 2.22. The number of halogens is 1. The van der Waals surface area contributed by atoms with Gasteiger partial charge in [-0.15, -0.1) is 0 Å². The van der Waals surface area contributed by atoms with Crippen molar-refractivity contribution in [2.75, 3.05) is 24.8 Å². The number of nitrogens with zero attached hydrogens (tertiary/aromatic N) is 1. The monoisotopic (exact) mass is 316 g/mol. The predicted octanol–water partition coefficient (Wildman–Crippen LogP) is 3.60. The smallest absolute Gasteiger partial charge is 0.0318 e. The summed E-state index contributed by atoms with van der Waals surface area (Å²) in [5, 5.41) is 0. The van der Waals surface area contributed by atoms with E-state index in [0.29, 0.717) is 6.04 Å². The van der Waals surface area contributed by atoms with Crippen LogP contribution >= 0.6 is 27.7 Å². The van der Waals surface area contributed by atoms with E-state index in [-0.39, 0.29) is 0 Å². The molecular weight excluding hydrogens is 296 g/mol. The van der Waals surface area contributed by atoms with Gasteiger partial charge in [0.1, 0.15) is 0 Å². The molecule has 1 atom stereocenters. The lowest BCUT2D eigenvalue weighted by Crippen LogP contribution is -2.32. The second-order valence-corrected chi connectivity index (χ2v) is 6.05. The van der Waals surface area contributed by atoms with Gasteiger partial charge in [-0.25, -0.2) is 0 Å². The highest BCUT2D eigenvalue weighted by molar-refractivity contribution is 9.10. The van der Waals surface area contributed by atoms with E-state index in [1.807, 2.05) is 30.0 Å². The standard InChI is InChI=1S/C13H21BrN2S/c1-4-12(9-17-3)16(2)8-10-7-11(15)5-6-13(10)14/h5-7,12H,4,8-9,15H2,1-3H3.